The Morgan fingerprint density at radius 2 is 1.94 bits per heavy atom. The molecule has 1 fully saturated rings. The molecule has 0 spiro atoms. The maximum atomic E-state index is 11.8. The highest BCUT2D eigenvalue weighted by molar-refractivity contribution is 5.83. The number of anilines is 4. The van der Waals surface area contributed by atoms with Crippen molar-refractivity contribution in [3.8, 4) is 11.5 Å². The van der Waals surface area contributed by atoms with Gasteiger partial charge in [0.1, 0.15) is 29.3 Å². The van der Waals surface area contributed by atoms with Crippen LogP contribution in [-0.2, 0) is 4.84 Å². The van der Waals surface area contributed by atoms with Gasteiger partial charge in [-0.1, -0.05) is 24.8 Å². The number of hydrogen-bond donors (Lipinski definition) is 2. The molecule has 33 heavy (non-hydrogen) atoms. The summed E-state index contributed by atoms with van der Waals surface area (Å²) in [5.74, 6) is 1.72. The molecule has 0 amide bonds. The molecule has 1 atom stereocenters. The first-order chi connectivity index (χ1) is 16.2. The van der Waals surface area contributed by atoms with Gasteiger partial charge in [0, 0.05) is 18.4 Å². The Bertz CT molecular complexity index is 1080. The molecule has 170 valence electrons. The molecule has 1 unspecified atom stereocenters. The van der Waals surface area contributed by atoms with Gasteiger partial charge in [0.2, 0.25) is 0 Å². The molecular formula is C24H26N6O3. The standard InChI is InChI=1S/C24H26N6O3/c1-2-32-30-16-6-7-19(30)17-29(28-31)22-14-15-26-24(25)23(22)27-18-10-12-21(13-11-18)33-20-8-4-3-5-9-20/h2-5,8-15,19,27H,1,6-7,16-17H2,(H2,25,26). The summed E-state index contributed by atoms with van der Waals surface area (Å²) in [7, 11) is 0. The number of pyridine rings is 1. The van der Waals surface area contributed by atoms with Crippen LogP contribution in [0, 0.1) is 4.91 Å². The number of nitrogen functional groups attached to an aromatic ring is 1. The number of aromatic nitrogens is 1. The van der Waals surface area contributed by atoms with Crippen molar-refractivity contribution in [3.05, 3.63) is 84.6 Å². The summed E-state index contributed by atoms with van der Waals surface area (Å²) >= 11 is 0. The average Bonchev–Trinajstić information content (AvgIpc) is 3.28. The van der Waals surface area contributed by atoms with Crippen LogP contribution in [0.5, 0.6) is 11.5 Å². The van der Waals surface area contributed by atoms with Crippen LogP contribution < -0.4 is 20.8 Å². The first-order valence-corrected chi connectivity index (χ1v) is 10.7. The normalized spacial score (nSPS) is 15.6. The quantitative estimate of drug-likeness (QED) is 0.248. The monoisotopic (exact) mass is 446 g/mol. The van der Waals surface area contributed by atoms with E-state index in [0.717, 1.165) is 30.8 Å². The van der Waals surface area contributed by atoms with Crippen LogP contribution in [0.4, 0.5) is 22.9 Å². The van der Waals surface area contributed by atoms with Gasteiger partial charge in [-0.05, 0) is 55.3 Å². The van der Waals surface area contributed by atoms with E-state index in [1.165, 1.54) is 11.3 Å². The van der Waals surface area contributed by atoms with Crippen molar-refractivity contribution >= 4 is 22.9 Å². The van der Waals surface area contributed by atoms with Crippen LogP contribution in [0.2, 0.25) is 0 Å². The molecule has 0 saturated carbocycles. The minimum absolute atomic E-state index is 0.00245. The highest BCUT2D eigenvalue weighted by atomic mass is 16.7. The molecule has 3 aromatic rings. The predicted octanol–water partition coefficient (Wildman–Crippen LogP) is 5.23. The minimum atomic E-state index is -0.00245. The van der Waals surface area contributed by atoms with Crippen molar-refractivity contribution in [1.82, 2.24) is 10.0 Å². The second-order valence-corrected chi connectivity index (χ2v) is 7.53. The Morgan fingerprint density at radius 3 is 2.67 bits per heavy atom. The number of rotatable bonds is 10. The van der Waals surface area contributed by atoms with Crippen molar-refractivity contribution in [1.29, 1.82) is 0 Å². The fourth-order valence-electron chi connectivity index (χ4n) is 3.79. The van der Waals surface area contributed by atoms with Gasteiger partial charge in [0.15, 0.2) is 0 Å². The molecule has 2 aromatic carbocycles. The molecule has 1 saturated heterocycles. The van der Waals surface area contributed by atoms with Crippen LogP contribution in [0.25, 0.3) is 0 Å². The Labute approximate surface area is 192 Å². The summed E-state index contributed by atoms with van der Waals surface area (Å²) in [6, 6.07) is 18.7. The number of nitrogens with one attached hydrogen (secondary N) is 1. The molecular weight excluding hydrogens is 420 g/mol. The highest BCUT2D eigenvalue weighted by Gasteiger charge is 2.29. The van der Waals surface area contributed by atoms with Crippen molar-refractivity contribution in [2.24, 2.45) is 5.29 Å². The van der Waals surface area contributed by atoms with Gasteiger partial charge in [0.25, 0.3) is 0 Å². The zero-order valence-corrected chi connectivity index (χ0v) is 18.1. The van der Waals surface area contributed by atoms with Crippen LogP contribution >= 0.6 is 0 Å². The summed E-state index contributed by atoms with van der Waals surface area (Å²) in [5, 5.41) is 9.71. The van der Waals surface area contributed by atoms with Crippen LogP contribution in [0.15, 0.2) is 85.0 Å². The van der Waals surface area contributed by atoms with Gasteiger partial charge in [-0.25, -0.2) is 9.99 Å². The van der Waals surface area contributed by atoms with E-state index in [0.29, 0.717) is 23.7 Å². The Morgan fingerprint density at radius 1 is 1.18 bits per heavy atom. The topological polar surface area (TPSA) is 105 Å². The summed E-state index contributed by atoms with van der Waals surface area (Å²) in [5.41, 5.74) is 7.96. The number of nitrogens with zero attached hydrogens (tertiary/aromatic N) is 4. The zero-order valence-electron chi connectivity index (χ0n) is 18.1. The first-order valence-electron chi connectivity index (χ1n) is 10.7. The number of hydrogen-bond acceptors (Lipinski definition) is 8. The predicted molar refractivity (Wildman–Crippen MR) is 129 cm³/mol. The van der Waals surface area contributed by atoms with Crippen LogP contribution in [0.3, 0.4) is 0 Å². The SMILES string of the molecule is C=CON1CCCC1CN(N=O)c1ccnc(N)c1Nc1ccc(Oc2ccccc2)cc1. The molecule has 3 N–H and O–H groups in total. The minimum Gasteiger partial charge on any atom is -0.457 e. The van der Waals surface area contributed by atoms with E-state index < -0.39 is 0 Å². The first kappa shape index (κ1) is 22.1. The van der Waals surface area contributed by atoms with E-state index in [-0.39, 0.29) is 11.9 Å². The third-order valence-corrected chi connectivity index (χ3v) is 5.35. The fourth-order valence-corrected chi connectivity index (χ4v) is 3.79. The van der Waals surface area contributed by atoms with Crippen molar-refractivity contribution < 1.29 is 9.57 Å². The largest absolute Gasteiger partial charge is 0.457 e. The second kappa shape index (κ2) is 10.5. The van der Waals surface area contributed by atoms with E-state index in [1.54, 1.807) is 12.3 Å². The Hall–Kier alpha value is -4.11. The van der Waals surface area contributed by atoms with E-state index in [4.69, 9.17) is 15.3 Å². The zero-order chi connectivity index (χ0) is 23.0. The Kier molecular flexibility index (Phi) is 7.01. The fraction of sp³-hybridized carbons (Fsp3) is 0.208. The van der Waals surface area contributed by atoms with Gasteiger partial charge in [-0.15, -0.1) is 9.97 Å². The van der Waals surface area contributed by atoms with Gasteiger partial charge in [-0.2, -0.15) is 0 Å². The van der Waals surface area contributed by atoms with Crippen LogP contribution in [0.1, 0.15) is 12.8 Å². The van der Waals surface area contributed by atoms with Crippen LogP contribution in [-0.4, -0.2) is 29.2 Å². The van der Waals surface area contributed by atoms with Crippen molar-refractivity contribution in [3.63, 3.8) is 0 Å². The van der Waals surface area contributed by atoms with Gasteiger partial charge >= 0.3 is 0 Å². The summed E-state index contributed by atoms with van der Waals surface area (Å²) in [6.07, 6.45) is 4.79. The maximum absolute atomic E-state index is 11.8. The lowest BCUT2D eigenvalue weighted by atomic mass is 10.2. The summed E-state index contributed by atoms with van der Waals surface area (Å²) in [6.45, 7) is 4.73. The third kappa shape index (κ3) is 5.39. The molecule has 0 bridgehead atoms. The van der Waals surface area contributed by atoms with E-state index in [2.05, 4.69) is 22.2 Å². The smallest absolute Gasteiger partial charge is 0.149 e. The van der Waals surface area contributed by atoms with Crippen molar-refractivity contribution in [2.75, 3.05) is 29.1 Å². The van der Waals surface area contributed by atoms with E-state index >= 15 is 0 Å². The number of nitrogens with two attached hydrogens (primary N) is 1. The number of hydroxylamine groups is 2. The molecule has 1 aliphatic heterocycles. The second-order valence-electron chi connectivity index (χ2n) is 7.53. The molecule has 9 heteroatoms. The molecule has 4 rings (SSSR count). The lowest BCUT2D eigenvalue weighted by Gasteiger charge is -2.27. The Balaban J connectivity index is 1.51. The lowest BCUT2D eigenvalue weighted by molar-refractivity contribution is -0.111. The van der Waals surface area contributed by atoms with Crippen molar-refractivity contribution in [2.45, 2.75) is 18.9 Å². The molecule has 1 aliphatic rings. The molecule has 0 aliphatic carbocycles. The van der Waals surface area contributed by atoms with Gasteiger partial charge in [0.05, 0.1) is 23.6 Å². The molecule has 9 nitrogen and oxygen atoms in total. The number of nitroso groups, excluding NO2 is 1. The molecule has 2 heterocycles. The number of ether oxygens (including phenoxy) is 1. The summed E-state index contributed by atoms with van der Waals surface area (Å²) in [4.78, 5) is 21.4. The molecule has 0 radical (unpaired) electrons. The van der Waals surface area contributed by atoms with E-state index in [9.17, 15) is 4.91 Å². The van der Waals surface area contributed by atoms with Gasteiger partial charge < -0.3 is 20.6 Å². The summed E-state index contributed by atoms with van der Waals surface area (Å²) < 4.78 is 5.84. The highest BCUT2D eigenvalue weighted by Crippen LogP contribution is 2.35. The van der Waals surface area contributed by atoms with Gasteiger partial charge in [-0.3, -0.25) is 0 Å². The lowest BCUT2D eigenvalue weighted by Crippen LogP contribution is -2.37. The maximum Gasteiger partial charge on any atom is 0.149 e. The van der Waals surface area contributed by atoms with E-state index in [1.807, 2.05) is 59.7 Å². The number of para-hydroxylation sites is 1. The third-order valence-electron chi connectivity index (χ3n) is 5.35. The average molecular weight is 447 g/mol. The number of benzene rings is 2. The molecule has 1 aromatic heterocycles.